The van der Waals surface area contributed by atoms with Gasteiger partial charge in [0.15, 0.2) is 5.69 Å². The van der Waals surface area contributed by atoms with E-state index in [1.165, 1.54) is 6.20 Å². The molecule has 0 aromatic carbocycles. The van der Waals surface area contributed by atoms with Gasteiger partial charge in [-0.2, -0.15) is 5.26 Å². The Hall–Kier alpha value is -1.94. The van der Waals surface area contributed by atoms with Gasteiger partial charge < -0.3 is 5.11 Å². The summed E-state index contributed by atoms with van der Waals surface area (Å²) in [5.41, 5.74) is -0.272. The van der Waals surface area contributed by atoms with E-state index in [-0.39, 0.29) is 17.2 Å². The van der Waals surface area contributed by atoms with Crippen molar-refractivity contribution in [3.63, 3.8) is 0 Å². The van der Waals surface area contributed by atoms with E-state index in [4.69, 9.17) is 10.4 Å². The van der Waals surface area contributed by atoms with Crippen LogP contribution in [0, 0.1) is 16.7 Å². The number of carbonyl (C=O) groups is 1. The van der Waals surface area contributed by atoms with Crippen LogP contribution in [-0.2, 0) is 0 Å². The number of hydrogen-bond donors (Lipinski definition) is 1. The zero-order chi connectivity index (χ0) is 14.8. The molecule has 0 atom stereocenters. The first-order valence-electron chi connectivity index (χ1n) is 6.70. The second-order valence-corrected chi connectivity index (χ2v) is 5.90. The Morgan fingerprint density at radius 2 is 2.30 bits per heavy atom. The van der Waals surface area contributed by atoms with E-state index in [1.807, 2.05) is 13.8 Å². The van der Waals surface area contributed by atoms with Crippen molar-refractivity contribution >= 4 is 5.97 Å². The maximum absolute atomic E-state index is 10.7. The van der Waals surface area contributed by atoms with Crippen molar-refractivity contribution in [2.75, 3.05) is 19.6 Å². The van der Waals surface area contributed by atoms with Crippen LogP contribution in [0.4, 0.5) is 0 Å². The lowest BCUT2D eigenvalue weighted by Crippen LogP contribution is -2.48. The Labute approximate surface area is 117 Å². The molecule has 1 aromatic heterocycles. The maximum atomic E-state index is 10.7. The van der Waals surface area contributed by atoms with Gasteiger partial charge in [-0.05, 0) is 33.2 Å². The normalized spacial score (nSPS) is 16.6. The minimum atomic E-state index is -1.05. The maximum Gasteiger partial charge on any atom is 0.358 e. The zero-order valence-corrected chi connectivity index (χ0v) is 11.8. The highest BCUT2D eigenvalue weighted by molar-refractivity contribution is 5.84. The van der Waals surface area contributed by atoms with E-state index in [1.54, 1.807) is 4.68 Å². The molecule has 2 rings (SSSR count). The summed E-state index contributed by atoms with van der Waals surface area (Å²) in [4.78, 5) is 13.0. The highest BCUT2D eigenvalue weighted by Crippen LogP contribution is 2.24. The van der Waals surface area contributed by atoms with Crippen LogP contribution in [0.1, 0.15) is 43.2 Å². The highest BCUT2D eigenvalue weighted by Gasteiger charge is 2.29. The number of nitriles is 1. The third-order valence-electron chi connectivity index (χ3n) is 3.62. The van der Waals surface area contributed by atoms with Crippen molar-refractivity contribution in [2.45, 2.75) is 32.7 Å². The third kappa shape index (κ3) is 3.33. The summed E-state index contributed by atoms with van der Waals surface area (Å²) >= 11 is 0. The molecule has 1 N–H and O–H groups in total. The van der Waals surface area contributed by atoms with Crippen molar-refractivity contribution in [1.29, 1.82) is 5.26 Å². The van der Waals surface area contributed by atoms with Crippen molar-refractivity contribution < 1.29 is 9.90 Å². The summed E-state index contributed by atoms with van der Waals surface area (Å²) in [7, 11) is 0. The number of carboxylic acid groups (broad SMARTS) is 1. The second-order valence-electron chi connectivity index (χ2n) is 5.90. The predicted molar refractivity (Wildman–Crippen MR) is 71.1 cm³/mol. The summed E-state index contributed by atoms with van der Waals surface area (Å²) < 4.78 is 1.62. The molecule has 7 heteroatoms. The van der Waals surface area contributed by atoms with Crippen molar-refractivity contribution in [3.8, 4) is 6.07 Å². The number of nitrogens with zero attached hydrogens (tertiary/aromatic N) is 5. The van der Waals surface area contributed by atoms with Crippen LogP contribution in [0.25, 0.3) is 0 Å². The first-order chi connectivity index (χ1) is 9.41. The lowest BCUT2D eigenvalue weighted by Gasteiger charge is -2.39. The molecule has 0 amide bonds. The van der Waals surface area contributed by atoms with Crippen LogP contribution in [-0.4, -0.2) is 50.6 Å². The van der Waals surface area contributed by atoms with Crippen molar-refractivity contribution in [1.82, 2.24) is 19.9 Å². The molecule has 1 aliphatic rings. The quantitative estimate of drug-likeness (QED) is 0.838. The molecule has 0 bridgehead atoms. The first-order valence-corrected chi connectivity index (χ1v) is 6.70. The molecule has 1 aliphatic heterocycles. The van der Waals surface area contributed by atoms with E-state index in [0.29, 0.717) is 0 Å². The van der Waals surface area contributed by atoms with E-state index >= 15 is 0 Å². The minimum Gasteiger partial charge on any atom is -0.476 e. The van der Waals surface area contributed by atoms with Gasteiger partial charge in [-0.25, -0.2) is 9.48 Å². The Balaban J connectivity index is 1.72. The molecular weight excluding hydrogens is 258 g/mol. The summed E-state index contributed by atoms with van der Waals surface area (Å²) in [6.45, 7) is 6.58. The van der Waals surface area contributed by atoms with Crippen LogP contribution in [0.15, 0.2) is 6.20 Å². The van der Waals surface area contributed by atoms with E-state index in [9.17, 15) is 4.79 Å². The molecule has 0 radical (unpaired) electrons. The van der Waals surface area contributed by atoms with Gasteiger partial charge >= 0.3 is 5.97 Å². The average Bonchev–Trinajstić information content (AvgIpc) is 2.81. The zero-order valence-electron chi connectivity index (χ0n) is 11.8. The fourth-order valence-electron chi connectivity index (χ4n) is 2.25. The van der Waals surface area contributed by atoms with Gasteiger partial charge in [-0.1, -0.05) is 5.21 Å². The van der Waals surface area contributed by atoms with Crippen molar-refractivity contribution in [2.24, 2.45) is 5.41 Å². The van der Waals surface area contributed by atoms with Crippen LogP contribution >= 0.6 is 0 Å². The first kappa shape index (κ1) is 14.5. The molecule has 0 spiro atoms. The lowest BCUT2D eigenvalue weighted by molar-refractivity contribution is 0.0690. The number of aromatic nitrogens is 3. The van der Waals surface area contributed by atoms with Gasteiger partial charge in [-0.15, -0.1) is 5.10 Å². The Bertz CT molecular complexity index is 525. The highest BCUT2D eigenvalue weighted by atomic mass is 16.4. The van der Waals surface area contributed by atoms with Crippen LogP contribution in [0.5, 0.6) is 0 Å². The predicted octanol–water partition coefficient (Wildman–Crippen LogP) is 1.16. The Morgan fingerprint density at radius 1 is 1.60 bits per heavy atom. The molecule has 0 aliphatic carbocycles. The number of carboxylic acids is 1. The van der Waals surface area contributed by atoms with E-state index in [0.717, 1.165) is 32.5 Å². The molecule has 1 aromatic rings. The van der Waals surface area contributed by atoms with Gasteiger partial charge in [0.25, 0.3) is 0 Å². The summed E-state index contributed by atoms with van der Waals surface area (Å²) in [6, 6.07) is 2.51. The molecule has 2 heterocycles. The Morgan fingerprint density at radius 3 is 2.85 bits per heavy atom. The molecule has 0 saturated carbocycles. The number of rotatable bonds is 6. The van der Waals surface area contributed by atoms with Gasteiger partial charge in [0, 0.05) is 13.1 Å². The van der Waals surface area contributed by atoms with Gasteiger partial charge in [0.1, 0.15) is 0 Å². The summed E-state index contributed by atoms with van der Waals surface area (Å²) in [6.07, 6.45) is 3.35. The van der Waals surface area contributed by atoms with Crippen LogP contribution in [0.2, 0.25) is 0 Å². The van der Waals surface area contributed by atoms with Crippen LogP contribution in [0.3, 0.4) is 0 Å². The minimum absolute atomic E-state index is 0.0146. The molecule has 1 saturated heterocycles. The number of hydrogen-bond acceptors (Lipinski definition) is 5. The molecule has 1 fully saturated rings. The topological polar surface area (TPSA) is 95.0 Å². The fraction of sp³-hybridized carbons (Fsp3) is 0.692. The smallest absolute Gasteiger partial charge is 0.358 e. The van der Waals surface area contributed by atoms with Gasteiger partial charge in [0.2, 0.25) is 0 Å². The summed E-state index contributed by atoms with van der Waals surface area (Å²) in [5, 5.41) is 25.2. The van der Waals surface area contributed by atoms with E-state index in [2.05, 4.69) is 21.3 Å². The standard InChI is InChI=1S/C13H19N5O2/c1-13(2,9-14)4-3-5-17-6-10(7-17)18-8-11(12(19)20)15-16-18/h8,10H,3-7H2,1-2H3,(H,19,20). The SMILES string of the molecule is CC(C)(C#N)CCCN1CC(n2cc(C(=O)O)nn2)C1. The Kier molecular flexibility index (Phi) is 4.04. The fourth-order valence-corrected chi connectivity index (χ4v) is 2.25. The number of likely N-dealkylation sites (tertiary alicyclic amines) is 1. The van der Waals surface area contributed by atoms with Crippen molar-refractivity contribution in [3.05, 3.63) is 11.9 Å². The van der Waals surface area contributed by atoms with E-state index < -0.39 is 5.97 Å². The largest absolute Gasteiger partial charge is 0.476 e. The monoisotopic (exact) mass is 277 g/mol. The molecule has 7 nitrogen and oxygen atoms in total. The van der Waals surface area contributed by atoms with Gasteiger partial charge in [0.05, 0.1) is 23.7 Å². The lowest BCUT2D eigenvalue weighted by atomic mass is 9.89. The number of aromatic carboxylic acids is 1. The molecular formula is C13H19N5O2. The third-order valence-corrected chi connectivity index (χ3v) is 3.62. The summed E-state index contributed by atoms with van der Waals surface area (Å²) in [5.74, 6) is -1.05. The average molecular weight is 277 g/mol. The van der Waals surface area contributed by atoms with Gasteiger partial charge in [-0.3, -0.25) is 4.90 Å². The van der Waals surface area contributed by atoms with Crippen LogP contribution < -0.4 is 0 Å². The second kappa shape index (κ2) is 5.59. The molecule has 108 valence electrons. The molecule has 20 heavy (non-hydrogen) atoms. The molecule has 0 unspecified atom stereocenters.